The summed E-state index contributed by atoms with van der Waals surface area (Å²) in [5.41, 5.74) is 3.50. The molecule has 0 unspecified atom stereocenters. The Bertz CT molecular complexity index is 1690. The standard InChI is InChI=1S/C27H21F3N6O2/c1-16-3-6-18(7-4-16)21-14-33-36-24(23(21)19-8-10-20(11-9-19)25(37)31-2)34-35(26(36)38)15-17-5-12-22(32-13-17)27(28,29)30/h3-14H,15H2,1-2H3,(H,31,37). The Kier molecular flexibility index (Phi) is 6.27. The van der Waals surface area contributed by atoms with E-state index in [0.29, 0.717) is 22.3 Å². The van der Waals surface area contributed by atoms with Crippen LogP contribution in [0, 0.1) is 6.92 Å². The molecular weight excluding hydrogens is 497 g/mol. The number of pyridine rings is 1. The smallest absolute Gasteiger partial charge is 0.355 e. The molecular formula is C27H21F3N6O2. The second-order valence-electron chi connectivity index (χ2n) is 8.68. The van der Waals surface area contributed by atoms with Crippen LogP contribution in [0.25, 0.3) is 27.9 Å². The highest BCUT2D eigenvalue weighted by atomic mass is 19.4. The van der Waals surface area contributed by atoms with Crippen LogP contribution in [0.3, 0.4) is 0 Å². The number of carbonyl (C=O) groups is 1. The predicted octanol–water partition coefficient (Wildman–Crippen LogP) is 4.36. The lowest BCUT2D eigenvalue weighted by Crippen LogP contribution is -2.23. The van der Waals surface area contributed by atoms with Crippen molar-refractivity contribution >= 4 is 11.6 Å². The number of fused-ring (bicyclic) bond motifs is 1. The number of aromatic nitrogens is 5. The van der Waals surface area contributed by atoms with Crippen LogP contribution >= 0.6 is 0 Å². The van der Waals surface area contributed by atoms with Crippen molar-refractivity contribution in [3.8, 4) is 22.3 Å². The number of rotatable bonds is 5. The molecule has 8 nitrogen and oxygen atoms in total. The van der Waals surface area contributed by atoms with Gasteiger partial charge in [0.15, 0.2) is 5.65 Å². The van der Waals surface area contributed by atoms with Gasteiger partial charge in [-0.05, 0) is 41.8 Å². The molecule has 0 saturated carbocycles. The Morgan fingerprint density at radius 1 is 0.947 bits per heavy atom. The molecule has 38 heavy (non-hydrogen) atoms. The van der Waals surface area contributed by atoms with E-state index in [2.05, 4.69) is 20.5 Å². The number of nitrogens with one attached hydrogen (secondary N) is 1. The normalized spacial score (nSPS) is 11.6. The average Bonchev–Trinajstić information content (AvgIpc) is 3.23. The van der Waals surface area contributed by atoms with Crippen molar-refractivity contribution in [2.45, 2.75) is 19.6 Å². The predicted molar refractivity (Wildman–Crippen MR) is 135 cm³/mol. The van der Waals surface area contributed by atoms with Crippen molar-refractivity contribution in [3.63, 3.8) is 0 Å². The fourth-order valence-electron chi connectivity index (χ4n) is 4.09. The molecule has 0 saturated heterocycles. The van der Waals surface area contributed by atoms with E-state index in [1.807, 2.05) is 31.2 Å². The fraction of sp³-hybridized carbons (Fsp3) is 0.148. The molecule has 0 atom stereocenters. The lowest BCUT2D eigenvalue weighted by atomic mass is 9.96. The largest absolute Gasteiger partial charge is 0.433 e. The molecule has 0 aliphatic rings. The monoisotopic (exact) mass is 518 g/mol. The van der Waals surface area contributed by atoms with E-state index in [-0.39, 0.29) is 18.1 Å². The minimum Gasteiger partial charge on any atom is -0.355 e. The first-order chi connectivity index (χ1) is 18.2. The number of amides is 1. The van der Waals surface area contributed by atoms with Crippen molar-refractivity contribution in [1.29, 1.82) is 0 Å². The summed E-state index contributed by atoms with van der Waals surface area (Å²) in [5, 5.41) is 11.4. The van der Waals surface area contributed by atoms with Gasteiger partial charge in [0.1, 0.15) is 5.69 Å². The molecule has 0 bridgehead atoms. The maximum Gasteiger partial charge on any atom is 0.433 e. The first-order valence-corrected chi connectivity index (χ1v) is 11.6. The molecule has 0 radical (unpaired) electrons. The highest BCUT2D eigenvalue weighted by molar-refractivity contribution is 5.96. The molecule has 3 aromatic heterocycles. The third-order valence-electron chi connectivity index (χ3n) is 6.09. The van der Waals surface area contributed by atoms with E-state index in [0.717, 1.165) is 38.2 Å². The second-order valence-corrected chi connectivity index (χ2v) is 8.68. The third kappa shape index (κ3) is 4.65. The van der Waals surface area contributed by atoms with Crippen molar-refractivity contribution in [3.05, 3.63) is 106 Å². The Labute approximate surface area is 214 Å². The molecule has 192 valence electrons. The molecule has 3 heterocycles. The molecule has 5 rings (SSSR count). The minimum atomic E-state index is -4.56. The maximum absolute atomic E-state index is 13.2. The van der Waals surface area contributed by atoms with Gasteiger partial charge >= 0.3 is 11.9 Å². The number of hydrogen-bond donors (Lipinski definition) is 1. The van der Waals surface area contributed by atoms with Gasteiger partial charge in [-0.2, -0.15) is 22.8 Å². The quantitative estimate of drug-likeness (QED) is 0.373. The van der Waals surface area contributed by atoms with E-state index in [1.165, 1.54) is 6.07 Å². The fourth-order valence-corrected chi connectivity index (χ4v) is 4.09. The summed E-state index contributed by atoms with van der Waals surface area (Å²) >= 11 is 0. The van der Waals surface area contributed by atoms with Gasteiger partial charge in [-0.15, -0.1) is 5.10 Å². The minimum absolute atomic E-state index is 0.0950. The molecule has 5 aromatic rings. The van der Waals surface area contributed by atoms with Crippen LogP contribution in [0.1, 0.15) is 27.2 Å². The van der Waals surface area contributed by atoms with Crippen LogP contribution in [-0.4, -0.2) is 37.3 Å². The van der Waals surface area contributed by atoms with Crippen molar-refractivity contribution in [2.75, 3.05) is 7.05 Å². The first-order valence-electron chi connectivity index (χ1n) is 11.6. The van der Waals surface area contributed by atoms with Crippen LogP contribution in [0.4, 0.5) is 13.2 Å². The van der Waals surface area contributed by atoms with Crippen molar-refractivity contribution in [2.24, 2.45) is 0 Å². The molecule has 0 aliphatic carbocycles. The van der Waals surface area contributed by atoms with Crippen LogP contribution in [0.2, 0.25) is 0 Å². The number of aryl methyl sites for hydroxylation is 1. The van der Waals surface area contributed by atoms with Gasteiger partial charge in [0, 0.05) is 29.9 Å². The van der Waals surface area contributed by atoms with E-state index in [9.17, 15) is 22.8 Å². The highest BCUT2D eigenvalue weighted by Crippen LogP contribution is 2.34. The molecule has 11 heteroatoms. The number of hydrogen-bond acceptors (Lipinski definition) is 5. The van der Waals surface area contributed by atoms with Gasteiger partial charge < -0.3 is 5.32 Å². The van der Waals surface area contributed by atoms with Crippen LogP contribution in [0.15, 0.2) is 77.9 Å². The molecule has 1 N–H and O–H groups in total. The summed E-state index contributed by atoms with van der Waals surface area (Å²) in [4.78, 5) is 28.7. The Balaban J connectivity index is 1.65. The lowest BCUT2D eigenvalue weighted by molar-refractivity contribution is -0.141. The van der Waals surface area contributed by atoms with Crippen molar-refractivity contribution in [1.82, 2.24) is 29.7 Å². The molecule has 1 amide bonds. The summed E-state index contributed by atoms with van der Waals surface area (Å²) in [6, 6.07) is 16.8. The van der Waals surface area contributed by atoms with Gasteiger partial charge in [0.25, 0.3) is 5.91 Å². The third-order valence-corrected chi connectivity index (χ3v) is 6.09. The lowest BCUT2D eigenvalue weighted by Gasteiger charge is -2.11. The zero-order valence-electron chi connectivity index (χ0n) is 20.3. The van der Waals surface area contributed by atoms with Crippen LogP contribution in [0.5, 0.6) is 0 Å². The number of alkyl halides is 3. The van der Waals surface area contributed by atoms with E-state index in [4.69, 9.17) is 0 Å². The Morgan fingerprint density at radius 2 is 1.63 bits per heavy atom. The van der Waals surface area contributed by atoms with Crippen LogP contribution in [-0.2, 0) is 12.7 Å². The highest BCUT2D eigenvalue weighted by Gasteiger charge is 2.32. The van der Waals surface area contributed by atoms with Gasteiger partial charge in [0.05, 0.1) is 12.7 Å². The zero-order chi connectivity index (χ0) is 27.0. The molecule has 2 aromatic carbocycles. The van der Waals surface area contributed by atoms with E-state index < -0.39 is 17.6 Å². The number of nitrogens with zero attached hydrogens (tertiary/aromatic N) is 5. The van der Waals surface area contributed by atoms with E-state index in [1.54, 1.807) is 37.5 Å². The van der Waals surface area contributed by atoms with Gasteiger partial charge in [-0.25, -0.2) is 9.48 Å². The SMILES string of the molecule is CNC(=O)c1ccc(-c2c(-c3ccc(C)cc3)cnn3c(=O)n(Cc4ccc(C(F)(F)F)nc4)nc23)cc1. The summed E-state index contributed by atoms with van der Waals surface area (Å²) < 4.78 is 40.9. The average molecular weight is 518 g/mol. The maximum atomic E-state index is 13.2. The number of benzene rings is 2. The number of carbonyl (C=O) groups excluding carboxylic acids is 1. The van der Waals surface area contributed by atoms with Gasteiger partial charge in [-0.1, -0.05) is 48.0 Å². The summed E-state index contributed by atoms with van der Waals surface area (Å²) in [6.07, 6.45) is -1.91. The number of halogens is 3. The first kappa shape index (κ1) is 24.9. The second kappa shape index (κ2) is 9.58. The van der Waals surface area contributed by atoms with E-state index >= 15 is 0 Å². The summed E-state index contributed by atoms with van der Waals surface area (Å²) in [6.45, 7) is 1.88. The van der Waals surface area contributed by atoms with Gasteiger partial charge in [0.2, 0.25) is 0 Å². The summed E-state index contributed by atoms with van der Waals surface area (Å²) in [7, 11) is 1.55. The molecule has 0 spiro atoms. The molecule has 0 aliphatic heterocycles. The van der Waals surface area contributed by atoms with Crippen LogP contribution < -0.4 is 11.0 Å². The molecule has 0 fully saturated rings. The van der Waals surface area contributed by atoms with Crippen molar-refractivity contribution < 1.29 is 18.0 Å². The van der Waals surface area contributed by atoms with Gasteiger partial charge in [-0.3, -0.25) is 9.78 Å². The Hall–Kier alpha value is -4.80. The Morgan fingerprint density at radius 3 is 2.24 bits per heavy atom. The summed E-state index contributed by atoms with van der Waals surface area (Å²) in [5.74, 6) is -0.235. The zero-order valence-corrected chi connectivity index (χ0v) is 20.3. The topological polar surface area (TPSA) is 94.2 Å².